The summed E-state index contributed by atoms with van der Waals surface area (Å²) < 4.78 is 0. The van der Waals surface area contributed by atoms with E-state index in [-0.39, 0.29) is 48.1 Å². The van der Waals surface area contributed by atoms with Crippen LogP contribution in [0, 0.1) is 42.4 Å². The highest BCUT2D eigenvalue weighted by atomic mass is 16.2. The number of anilines is 1. The Morgan fingerprint density at radius 2 is 1.58 bits per heavy atom. The topological polar surface area (TPSA) is 57.7 Å². The Hall–Kier alpha value is -3.21. The second-order valence-corrected chi connectivity index (χ2v) is 9.34. The predicted molar refractivity (Wildman–Crippen MR) is 116 cm³/mol. The van der Waals surface area contributed by atoms with Gasteiger partial charge in [0.25, 0.3) is 5.91 Å². The molecule has 0 aromatic heterocycles. The van der Waals surface area contributed by atoms with Gasteiger partial charge in [-0.3, -0.25) is 24.2 Å². The standard InChI is InChI=1S/C26H24N2O3/c1-15-6-5-9-17(12-15)27(24(29)16-7-3-2-4-8-16)14-28-25(30)22-18-10-11-19(21-13-20(18)21)23(22)26(28)31/h2-12,18-23H,13-14H2,1H3/t18-,19-,20-,21-,22+,23+/m1/s1. The first-order valence-corrected chi connectivity index (χ1v) is 11.0. The molecule has 3 amide bonds. The van der Waals surface area contributed by atoms with E-state index in [0.717, 1.165) is 12.0 Å². The third-order valence-electron chi connectivity index (χ3n) is 7.62. The van der Waals surface area contributed by atoms with E-state index in [9.17, 15) is 14.4 Å². The number of carbonyl (C=O) groups is 3. The summed E-state index contributed by atoms with van der Waals surface area (Å²) in [5.41, 5.74) is 2.23. The Balaban J connectivity index is 1.35. The van der Waals surface area contributed by atoms with Crippen molar-refractivity contribution in [2.75, 3.05) is 11.6 Å². The van der Waals surface area contributed by atoms with Crippen LogP contribution < -0.4 is 4.90 Å². The summed E-state index contributed by atoms with van der Waals surface area (Å²) in [4.78, 5) is 43.2. The fourth-order valence-electron chi connectivity index (χ4n) is 6.10. The first-order chi connectivity index (χ1) is 15.0. The second-order valence-electron chi connectivity index (χ2n) is 9.34. The van der Waals surface area contributed by atoms with Crippen LogP contribution in [0.3, 0.4) is 0 Å². The SMILES string of the molecule is Cc1cccc(N(CN2C(=O)[C@H]3[C@@H]4C=C[C@H]([C@H]5C[C@H]45)[C@@H]3C2=O)C(=O)c2ccccc2)c1. The smallest absolute Gasteiger partial charge is 0.259 e. The molecule has 4 aliphatic carbocycles. The maximum Gasteiger partial charge on any atom is 0.259 e. The maximum absolute atomic E-state index is 13.4. The van der Waals surface area contributed by atoms with Crippen LogP contribution in [0.1, 0.15) is 22.3 Å². The lowest BCUT2D eigenvalue weighted by molar-refractivity contribution is -0.140. The van der Waals surface area contributed by atoms with E-state index in [2.05, 4.69) is 12.2 Å². The van der Waals surface area contributed by atoms with Crippen molar-refractivity contribution in [2.45, 2.75) is 13.3 Å². The van der Waals surface area contributed by atoms with E-state index < -0.39 is 0 Å². The van der Waals surface area contributed by atoms with Crippen molar-refractivity contribution >= 4 is 23.4 Å². The molecule has 2 aromatic carbocycles. The Kier molecular flexibility index (Phi) is 3.98. The van der Waals surface area contributed by atoms with Gasteiger partial charge in [0.2, 0.25) is 11.8 Å². The molecule has 0 unspecified atom stereocenters. The van der Waals surface area contributed by atoms with Gasteiger partial charge in [-0.15, -0.1) is 0 Å². The fraction of sp³-hybridized carbons (Fsp3) is 0.346. The van der Waals surface area contributed by atoms with Crippen molar-refractivity contribution < 1.29 is 14.4 Å². The zero-order chi connectivity index (χ0) is 21.3. The molecule has 5 heteroatoms. The van der Waals surface area contributed by atoms with Gasteiger partial charge in [-0.25, -0.2) is 0 Å². The number of carbonyl (C=O) groups excluding carboxylic acids is 3. The number of imide groups is 1. The number of benzene rings is 2. The molecule has 1 saturated heterocycles. The van der Waals surface area contributed by atoms with Crippen molar-refractivity contribution in [1.29, 1.82) is 0 Å². The number of aryl methyl sites for hydroxylation is 1. The number of likely N-dealkylation sites (tertiary alicyclic amines) is 1. The molecule has 2 bridgehead atoms. The van der Waals surface area contributed by atoms with Gasteiger partial charge in [-0.1, -0.05) is 42.5 Å². The molecule has 0 spiro atoms. The van der Waals surface area contributed by atoms with Gasteiger partial charge in [-0.2, -0.15) is 0 Å². The van der Waals surface area contributed by atoms with Crippen LogP contribution >= 0.6 is 0 Å². The maximum atomic E-state index is 13.4. The van der Waals surface area contributed by atoms with E-state index in [4.69, 9.17) is 0 Å². The Bertz CT molecular complexity index is 1090. The third-order valence-corrected chi connectivity index (χ3v) is 7.62. The van der Waals surface area contributed by atoms with Crippen LogP contribution in [0.4, 0.5) is 5.69 Å². The molecular weight excluding hydrogens is 388 g/mol. The highest BCUT2D eigenvalue weighted by Gasteiger charge is 2.67. The van der Waals surface area contributed by atoms with Crippen LogP contribution in [0.15, 0.2) is 66.7 Å². The lowest BCUT2D eigenvalue weighted by atomic mass is 9.63. The van der Waals surface area contributed by atoms with Crippen LogP contribution in [-0.4, -0.2) is 29.3 Å². The van der Waals surface area contributed by atoms with Gasteiger partial charge >= 0.3 is 0 Å². The van der Waals surface area contributed by atoms with Crippen molar-refractivity contribution in [3.8, 4) is 0 Å². The summed E-state index contributed by atoms with van der Waals surface area (Å²) >= 11 is 0. The van der Waals surface area contributed by atoms with Gasteiger partial charge in [0.1, 0.15) is 6.67 Å². The average molecular weight is 412 g/mol. The first kappa shape index (κ1) is 18.6. The molecule has 2 aromatic rings. The summed E-state index contributed by atoms with van der Waals surface area (Å²) in [6.45, 7) is 1.92. The molecule has 1 aliphatic heterocycles. The second kappa shape index (κ2) is 6.64. The van der Waals surface area contributed by atoms with Crippen molar-refractivity contribution in [3.63, 3.8) is 0 Å². The largest absolute Gasteiger partial charge is 0.290 e. The van der Waals surface area contributed by atoms with Gasteiger partial charge in [0.05, 0.1) is 11.8 Å². The molecule has 156 valence electrons. The molecule has 6 atom stereocenters. The lowest BCUT2D eigenvalue weighted by Gasteiger charge is -2.37. The van der Waals surface area contributed by atoms with Crippen LogP contribution in [0.5, 0.6) is 0 Å². The lowest BCUT2D eigenvalue weighted by Crippen LogP contribution is -2.45. The quantitative estimate of drug-likeness (QED) is 0.569. The molecule has 31 heavy (non-hydrogen) atoms. The zero-order valence-electron chi connectivity index (χ0n) is 17.3. The van der Waals surface area contributed by atoms with Gasteiger partial charge in [0.15, 0.2) is 0 Å². The summed E-state index contributed by atoms with van der Waals surface area (Å²) in [7, 11) is 0. The zero-order valence-corrected chi connectivity index (χ0v) is 17.3. The van der Waals surface area contributed by atoms with E-state index in [0.29, 0.717) is 23.1 Å². The van der Waals surface area contributed by atoms with E-state index >= 15 is 0 Å². The van der Waals surface area contributed by atoms with Gasteiger partial charge in [-0.05, 0) is 66.8 Å². The minimum absolute atomic E-state index is 0.0450. The number of rotatable bonds is 4. The van der Waals surface area contributed by atoms with Crippen molar-refractivity contribution in [2.24, 2.45) is 35.5 Å². The molecule has 1 heterocycles. The molecule has 0 radical (unpaired) electrons. The molecule has 5 aliphatic rings. The molecule has 0 N–H and O–H groups in total. The minimum atomic E-state index is -0.252. The fourth-order valence-corrected chi connectivity index (χ4v) is 6.10. The van der Waals surface area contributed by atoms with Crippen LogP contribution in [0.2, 0.25) is 0 Å². The Labute approximate surface area is 181 Å². The molecule has 2 saturated carbocycles. The van der Waals surface area contributed by atoms with E-state index in [1.54, 1.807) is 17.0 Å². The highest BCUT2D eigenvalue weighted by Crippen LogP contribution is 2.65. The van der Waals surface area contributed by atoms with Crippen molar-refractivity contribution in [3.05, 3.63) is 77.9 Å². The third kappa shape index (κ3) is 2.72. The number of hydrogen-bond donors (Lipinski definition) is 0. The normalized spacial score (nSPS) is 32.1. The molecule has 3 fully saturated rings. The van der Waals surface area contributed by atoms with E-state index in [1.807, 2.05) is 49.4 Å². The van der Waals surface area contributed by atoms with Crippen LogP contribution in [0.25, 0.3) is 0 Å². The molecule has 5 nitrogen and oxygen atoms in total. The number of hydrogen-bond acceptors (Lipinski definition) is 3. The number of allylic oxidation sites excluding steroid dienone is 2. The van der Waals surface area contributed by atoms with E-state index in [1.165, 1.54) is 4.90 Å². The highest BCUT2D eigenvalue weighted by molar-refractivity contribution is 6.09. The number of nitrogens with zero attached hydrogens (tertiary/aromatic N) is 2. The molecule has 7 rings (SSSR count). The predicted octanol–water partition coefficient (Wildman–Crippen LogP) is 3.65. The van der Waals surface area contributed by atoms with Crippen molar-refractivity contribution in [1.82, 2.24) is 4.90 Å². The van der Waals surface area contributed by atoms with Gasteiger partial charge < -0.3 is 0 Å². The average Bonchev–Trinajstić information content (AvgIpc) is 3.57. The minimum Gasteiger partial charge on any atom is -0.290 e. The van der Waals surface area contributed by atoms with Gasteiger partial charge in [0, 0.05) is 11.3 Å². The Morgan fingerprint density at radius 3 is 2.19 bits per heavy atom. The molecular formula is C26H24N2O3. The summed E-state index contributed by atoms with van der Waals surface area (Å²) in [6.07, 6.45) is 5.47. The summed E-state index contributed by atoms with van der Waals surface area (Å²) in [5, 5.41) is 0. The monoisotopic (exact) mass is 412 g/mol. The number of amides is 3. The summed E-state index contributed by atoms with van der Waals surface area (Å²) in [6, 6.07) is 16.6. The Morgan fingerprint density at radius 1 is 0.935 bits per heavy atom. The summed E-state index contributed by atoms with van der Waals surface area (Å²) in [5.74, 6) is 0.535. The first-order valence-electron chi connectivity index (χ1n) is 11.0. The van der Waals surface area contributed by atoms with Crippen LogP contribution in [-0.2, 0) is 9.59 Å².